The molecule has 1 N–H and O–H groups in total. The van der Waals surface area contributed by atoms with Crippen molar-refractivity contribution in [3.63, 3.8) is 0 Å². The maximum Gasteiger partial charge on any atom is 0.231 e. The quantitative estimate of drug-likeness (QED) is 0.145. The molecule has 164 valence electrons. The number of thiazole rings is 1. The zero-order chi connectivity index (χ0) is 22.6. The minimum absolute atomic E-state index is 0.00563. The molecular weight excluding hydrogens is 426 g/mol. The van der Waals surface area contributed by atoms with Crippen LogP contribution in [0.4, 0.5) is 5.13 Å². The van der Waals surface area contributed by atoms with Gasteiger partial charge in [-0.1, -0.05) is 64.9 Å². The average molecular weight is 460 g/mol. The second-order valence-corrected chi connectivity index (χ2v) is 15.8. The Hall–Kier alpha value is -1.12. The van der Waals surface area contributed by atoms with Crippen LogP contribution in [0.25, 0.3) is 10.4 Å². The minimum Gasteiger partial charge on any atom is -0.408 e. The molecule has 7 nitrogen and oxygen atoms in total. The predicted molar refractivity (Wildman–Crippen MR) is 124 cm³/mol. The van der Waals surface area contributed by atoms with Crippen LogP contribution in [0, 0.1) is 11.3 Å². The Kier molecular flexibility index (Phi) is 8.75. The molecule has 1 aromatic heterocycles. The van der Waals surface area contributed by atoms with Crippen molar-refractivity contribution in [1.29, 1.82) is 0 Å². The Labute approximate surface area is 184 Å². The van der Waals surface area contributed by atoms with Crippen LogP contribution in [0.5, 0.6) is 0 Å². The van der Waals surface area contributed by atoms with E-state index in [1.165, 1.54) is 11.3 Å². The number of nitrogens with zero attached hydrogens (tertiary/aromatic N) is 4. The molecule has 0 saturated heterocycles. The van der Waals surface area contributed by atoms with Gasteiger partial charge in [-0.2, -0.15) is 0 Å². The van der Waals surface area contributed by atoms with Gasteiger partial charge in [0.15, 0.2) is 13.4 Å². The first-order valence-corrected chi connectivity index (χ1v) is 13.9. The first-order chi connectivity index (χ1) is 13.1. The largest absolute Gasteiger partial charge is 0.408 e. The zero-order valence-corrected chi connectivity index (χ0v) is 21.5. The summed E-state index contributed by atoms with van der Waals surface area (Å²) < 4.78 is 6.68. The number of anilines is 1. The number of halogens is 1. The summed E-state index contributed by atoms with van der Waals surface area (Å²) >= 11 is 7.95. The number of carbonyl (C=O) groups is 1. The second-order valence-electron chi connectivity index (χ2n) is 9.63. The van der Waals surface area contributed by atoms with Gasteiger partial charge in [0.25, 0.3) is 0 Å². The number of amides is 1. The van der Waals surface area contributed by atoms with Crippen LogP contribution in [0.2, 0.25) is 18.1 Å². The minimum atomic E-state index is -2.22. The van der Waals surface area contributed by atoms with Gasteiger partial charge < -0.3 is 9.74 Å². The molecule has 0 radical (unpaired) electrons. The third-order valence-corrected chi connectivity index (χ3v) is 11.6. The molecule has 0 aliphatic rings. The summed E-state index contributed by atoms with van der Waals surface area (Å²) in [5.74, 6) is 0.321. The van der Waals surface area contributed by atoms with E-state index in [2.05, 4.69) is 61.1 Å². The van der Waals surface area contributed by atoms with Gasteiger partial charge in [0, 0.05) is 23.1 Å². The fraction of sp³-hybridized carbons (Fsp3) is 0.789. The Morgan fingerprint density at radius 1 is 1.38 bits per heavy atom. The second kappa shape index (κ2) is 9.79. The standard InChI is InChI=1S/C19H34ClN5O2SSi/c1-12(2)19(6,7)29(8,9)27-15(13(20)10-23-25-21)14-11-22-17(28-14)24-16(26)18(3,4)5/h11-13,15H,10H2,1-9H3,(H,22,24,26)/t13-,15?/m0/s1. The molecule has 0 saturated carbocycles. The van der Waals surface area contributed by atoms with E-state index in [9.17, 15) is 4.79 Å². The molecule has 0 aliphatic heterocycles. The van der Waals surface area contributed by atoms with Gasteiger partial charge in [0.2, 0.25) is 5.91 Å². The van der Waals surface area contributed by atoms with E-state index < -0.39 is 25.2 Å². The van der Waals surface area contributed by atoms with Crippen LogP contribution in [0.15, 0.2) is 11.3 Å². The van der Waals surface area contributed by atoms with Gasteiger partial charge in [-0.25, -0.2) is 4.98 Å². The molecule has 2 atom stereocenters. The lowest BCUT2D eigenvalue weighted by molar-refractivity contribution is -0.123. The van der Waals surface area contributed by atoms with Gasteiger partial charge in [-0.05, 0) is 29.6 Å². The van der Waals surface area contributed by atoms with Gasteiger partial charge >= 0.3 is 0 Å². The third kappa shape index (κ3) is 6.69. The van der Waals surface area contributed by atoms with Crippen LogP contribution in [-0.2, 0) is 9.22 Å². The molecule has 1 unspecified atom stereocenters. The number of carbonyl (C=O) groups excluding carboxylic acids is 1. The summed E-state index contributed by atoms with van der Waals surface area (Å²) in [7, 11) is -2.22. The van der Waals surface area contributed by atoms with E-state index in [1.807, 2.05) is 20.8 Å². The maximum absolute atomic E-state index is 12.3. The van der Waals surface area contributed by atoms with E-state index in [0.29, 0.717) is 11.0 Å². The Morgan fingerprint density at radius 2 is 1.97 bits per heavy atom. The molecule has 0 aromatic carbocycles. The SMILES string of the molecule is CC(C)C(C)(C)[Si](C)(C)OC(c1cnc(NC(=O)C(C)(C)C)s1)[C@@H](Cl)CN=[N+]=[N-]. The summed E-state index contributed by atoms with van der Waals surface area (Å²) in [5, 5.41) is 6.44. The van der Waals surface area contributed by atoms with Crippen molar-refractivity contribution in [3.05, 3.63) is 21.5 Å². The first kappa shape index (κ1) is 25.9. The summed E-state index contributed by atoms with van der Waals surface area (Å²) in [6.45, 7) is 18.8. The maximum atomic E-state index is 12.3. The van der Waals surface area contributed by atoms with Crippen molar-refractivity contribution in [2.45, 2.75) is 78.1 Å². The fourth-order valence-corrected chi connectivity index (χ4v) is 6.47. The van der Waals surface area contributed by atoms with Crippen molar-refractivity contribution in [2.24, 2.45) is 16.4 Å². The lowest BCUT2D eigenvalue weighted by atomic mass is 9.96. The molecule has 1 heterocycles. The molecule has 1 amide bonds. The fourth-order valence-electron chi connectivity index (χ4n) is 2.45. The Bertz CT molecular complexity index is 754. The molecule has 0 spiro atoms. The number of aromatic nitrogens is 1. The molecule has 1 aromatic rings. The van der Waals surface area contributed by atoms with Gasteiger partial charge in [0.1, 0.15) is 0 Å². The number of alkyl halides is 1. The summed E-state index contributed by atoms with van der Waals surface area (Å²) in [4.78, 5) is 20.2. The van der Waals surface area contributed by atoms with E-state index in [0.717, 1.165) is 4.88 Å². The lowest BCUT2D eigenvalue weighted by Crippen LogP contribution is -2.47. The molecule has 0 fully saturated rings. The molecule has 29 heavy (non-hydrogen) atoms. The van der Waals surface area contributed by atoms with Crippen LogP contribution >= 0.6 is 22.9 Å². The lowest BCUT2D eigenvalue weighted by Gasteiger charge is -2.44. The zero-order valence-electron chi connectivity index (χ0n) is 18.9. The van der Waals surface area contributed by atoms with E-state index >= 15 is 0 Å². The van der Waals surface area contributed by atoms with Gasteiger partial charge in [-0.15, -0.1) is 11.6 Å². The van der Waals surface area contributed by atoms with Gasteiger partial charge in [-0.3, -0.25) is 4.79 Å². The van der Waals surface area contributed by atoms with Crippen molar-refractivity contribution in [1.82, 2.24) is 4.98 Å². The monoisotopic (exact) mass is 459 g/mol. The van der Waals surface area contributed by atoms with Crippen molar-refractivity contribution in [3.8, 4) is 0 Å². The van der Waals surface area contributed by atoms with Crippen molar-refractivity contribution < 1.29 is 9.22 Å². The van der Waals surface area contributed by atoms with E-state index in [1.54, 1.807) is 6.20 Å². The van der Waals surface area contributed by atoms with Crippen LogP contribution in [0.3, 0.4) is 0 Å². The predicted octanol–water partition coefficient (Wildman–Crippen LogP) is 6.74. The molecule has 10 heteroatoms. The highest BCUT2D eigenvalue weighted by Crippen LogP contribution is 2.47. The van der Waals surface area contributed by atoms with Crippen LogP contribution in [0.1, 0.15) is 59.4 Å². The first-order valence-electron chi connectivity index (χ1n) is 9.73. The number of rotatable bonds is 9. The Morgan fingerprint density at radius 3 is 2.45 bits per heavy atom. The molecule has 0 bridgehead atoms. The van der Waals surface area contributed by atoms with Gasteiger partial charge in [0.05, 0.1) is 16.4 Å². The van der Waals surface area contributed by atoms with E-state index in [4.69, 9.17) is 21.6 Å². The van der Waals surface area contributed by atoms with Crippen LogP contribution < -0.4 is 5.32 Å². The summed E-state index contributed by atoms with van der Waals surface area (Å²) in [6.07, 6.45) is 1.21. The highest BCUT2D eigenvalue weighted by atomic mass is 35.5. The third-order valence-electron chi connectivity index (χ3n) is 5.77. The molecular formula is C19H34ClN5O2SSi. The van der Waals surface area contributed by atoms with Crippen LogP contribution in [-0.4, -0.2) is 31.1 Å². The smallest absolute Gasteiger partial charge is 0.231 e. The highest BCUT2D eigenvalue weighted by molar-refractivity contribution is 7.15. The topological polar surface area (TPSA) is 100.0 Å². The van der Waals surface area contributed by atoms with E-state index in [-0.39, 0.29) is 17.5 Å². The number of nitrogens with one attached hydrogen (secondary N) is 1. The normalized spacial score (nSPS) is 15.0. The Balaban J connectivity index is 3.21. The summed E-state index contributed by atoms with van der Waals surface area (Å²) in [5.41, 5.74) is 8.17. The van der Waals surface area contributed by atoms with Crippen molar-refractivity contribution in [2.75, 3.05) is 11.9 Å². The highest BCUT2D eigenvalue weighted by Gasteiger charge is 2.46. The number of hydrogen-bond acceptors (Lipinski definition) is 5. The van der Waals surface area contributed by atoms with Crippen molar-refractivity contribution >= 4 is 42.3 Å². The molecule has 0 aliphatic carbocycles. The average Bonchev–Trinajstić information content (AvgIpc) is 3.04. The summed E-state index contributed by atoms with van der Waals surface area (Å²) in [6, 6.07) is 0. The number of hydrogen-bond donors (Lipinski definition) is 1. The molecule has 1 rings (SSSR count). The number of azide groups is 1.